The molecule has 0 saturated heterocycles. The molecule has 0 aliphatic heterocycles. The van der Waals surface area contributed by atoms with Gasteiger partial charge in [-0.15, -0.1) is 0 Å². The number of nitrogen functional groups attached to an aromatic ring is 1. The van der Waals surface area contributed by atoms with E-state index in [0.29, 0.717) is 11.1 Å². The summed E-state index contributed by atoms with van der Waals surface area (Å²) in [7, 11) is -0.424. The number of phenolic OH excluding ortho intramolecular Hbond substituents is 1. The SMILES string of the molecule is C=Cc1c(-c2cc(S(C)(=O)=O)cc(NC)c2O)cn(C)c(=O)c1N. The first-order valence-electron chi connectivity index (χ1n) is 6.98. The van der Waals surface area contributed by atoms with Gasteiger partial charge in [0.2, 0.25) is 0 Å². The largest absolute Gasteiger partial charge is 0.505 e. The fourth-order valence-corrected chi connectivity index (χ4v) is 3.09. The Kier molecular flexibility index (Phi) is 4.44. The van der Waals surface area contributed by atoms with Crippen LogP contribution >= 0.6 is 0 Å². The van der Waals surface area contributed by atoms with Crippen LogP contribution in [0.1, 0.15) is 5.56 Å². The Morgan fingerprint density at radius 2 is 1.96 bits per heavy atom. The molecule has 2 rings (SSSR count). The highest BCUT2D eigenvalue weighted by molar-refractivity contribution is 7.90. The van der Waals surface area contributed by atoms with Gasteiger partial charge in [0, 0.05) is 43.2 Å². The molecular formula is C16H19N3O4S. The molecule has 8 heteroatoms. The van der Waals surface area contributed by atoms with Crippen LogP contribution in [-0.4, -0.2) is 31.4 Å². The van der Waals surface area contributed by atoms with Gasteiger partial charge in [-0.05, 0) is 12.1 Å². The van der Waals surface area contributed by atoms with Gasteiger partial charge >= 0.3 is 0 Å². The molecular weight excluding hydrogens is 330 g/mol. The Hall–Kier alpha value is -2.74. The molecule has 0 spiro atoms. The normalized spacial score (nSPS) is 11.3. The second kappa shape index (κ2) is 6.04. The molecule has 1 aromatic carbocycles. The minimum absolute atomic E-state index is 0.0276. The maximum atomic E-state index is 12.0. The lowest BCUT2D eigenvalue weighted by molar-refractivity contribution is 0.479. The standard InChI is InChI=1S/C16H19N3O4S/c1-5-10-12(8-19(3)16(21)14(10)17)11-6-9(24(4,22)23)7-13(18-2)15(11)20/h5-8,18,20H,1,17H2,2-4H3. The summed E-state index contributed by atoms with van der Waals surface area (Å²) >= 11 is 0. The quantitative estimate of drug-likeness (QED) is 0.720. The van der Waals surface area contributed by atoms with Crippen molar-refractivity contribution in [3.63, 3.8) is 0 Å². The first-order chi connectivity index (χ1) is 11.1. The number of phenols is 1. The number of rotatable bonds is 4. The molecule has 0 amide bonds. The van der Waals surface area contributed by atoms with Crippen LogP contribution in [0, 0.1) is 0 Å². The summed E-state index contributed by atoms with van der Waals surface area (Å²) in [5.74, 6) is -0.147. The number of nitrogens with zero attached hydrogens (tertiary/aromatic N) is 1. The maximum absolute atomic E-state index is 12.0. The molecule has 0 aliphatic rings. The number of sulfone groups is 1. The molecule has 1 aromatic heterocycles. The van der Waals surface area contributed by atoms with Gasteiger partial charge in [-0.25, -0.2) is 8.42 Å². The third-order valence-electron chi connectivity index (χ3n) is 3.73. The van der Waals surface area contributed by atoms with Gasteiger partial charge in [-0.3, -0.25) is 4.79 Å². The van der Waals surface area contributed by atoms with E-state index in [1.807, 2.05) is 0 Å². The van der Waals surface area contributed by atoms with Crippen molar-refractivity contribution in [1.82, 2.24) is 4.57 Å². The zero-order valence-corrected chi connectivity index (χ0v) is 14.4. The monoisotopic (exact) mass is 349 g/mol. The number of hydrogen-bond acceptors (Lipinski definition) is 6. The minimum Gasteiger partial charge on any atom is -0.505 e. The highest BCUT2D eigenvalue weighted by Gasteiger charge is 2.20. The zero-order valence-electron chi connectivity index (χ0n) is 13.6. The van der Waals surface area contributed by atoms with Crippen molar-refractivity contribution < 1.29 is 13.5 Å². The molecule has 0 fully saturated rings. The Labute approximate surface area is 140 Å². The average Bonchev–Trinajstić information content (AvgIpc) is 2.51. The Bertz CT molecular complexity index is 991. The fraction of sp³-hybridized carbons (Fsp3) is 0.188. The number of aromatic hydroxyl groups is 1. The number of aryl methyl sites for hydroxylation is 1. The van der Waals surface area contributed by atoms with Gasteiger partial charge in [0.15, 0.2) is 9.84 Å². The summed E-state index contributed by atoms with van der Waals surface area (Å²) in [4.78, 5) is 12.0. The van der Waals surface area contributed by atoms with E-state index < -0.39 is 15.4 Å². The summed E-state index contributed by atoms with van der Waals surface area (Å²) in [6, 6.07) is 2.69. The van der Waals surface area contributed by atoms with Gasteiger partial charge in [0.05, 0.1) is 10.6 Å². The average molecular weight is 349 g/mol. The van der Waals surface area contributed by atoms with E-state index in [1.165, 1.54) is 36.0 Å². The maximum Gasteiger partial charge on any atom is 0.274 e. The van der Waals surface area contributed by atoms with Crippen molar-refractivity contribution in [1.29, 1.82) is 0 Å². The van der Waals surface area contributed by atoms with Crippen LogP contribution in [0.3, 0.4) is 0 Å². The summed E-state index contributed by atoms with van der Waals surface area (Å²) in [5, 5.41) is 13.2. The molecule has 0 bridgehead atoms. The highest BCUT2D eigenvalue weighted by Crippen LogP contribution is 2.40. The van der Waals surface area contributed by atoms with E-state index >= 15 is 0 Å². The van der Waals surface area contributed by atoms with Crippen LogP contribution in [0.4, 0.5) is 11.4 Å². The van der Waals surface area contributed by atoms with Gasteiger partial charge in [-0.2, -0.15) is 0 Å². The first-order valence-corrected chi connectivity index (χ1v) is 8.87. The fourth-order valence-electron chi connectivity index (χ4n) is 2.42. The van der Waals surface area contributed by atoms with E-state index in [1.54, 1.807) is 7.05 Å². The highest BCUT2D eigenvalue weighted by atomic mass is 32.2. The molecule has 2 aromatic rings. The van der Waals surface area contributed by atoms with Crippen molar-refractivity contribution in [3.8, 4) is 16.9 Å². The van der Waals surface area contributed by atoms with Crippen molar-refractivity contribution in [2.24, 2.45) is 7.05 Å². The topological polar surface area (TPSA) is 114 Å². The molecule has 4 N–H and O–H groups in total. The molecule has 7 nitrogen and oxygen atoms in total. The minimum atomic E-state index is -3.51. The number of aromatic nitrogens is 1. The summed E-state index contributed by atoms with van der Waals surface area (Å²) in [5.41, 5.74) is 6.65. The second-order valence-electron chi connectivity index (χ2n) is 5.38. The van der Waals surface area contributed by atoms with Gasteiger partial charge in [0.25, 0.3) is 5.56 Å². The first kappa shape index (κ1) is 17.6. The van der Waals surface area contributed by atoms with E-state index in [2.05, 4.69) is 11.9 Å². The molecule has 0 saturated carbocycles. The number of hydrogen-bond donors (Lipinski definition) is 3. The zero-order chi connectivity index (χ0) is 18.2. The van der Waals surface area contributed by atoms with E-state index in [9.17, 15) is 18.3 Å². The Morgan fingerprint density at radius 1 is 1.33 bits per heavy atom. The van der Waals surface area contributed by atoms with Crippen molar-refractivity contribution >= 4 is 27.3 Å². The van der Waals surface area contributed by atoms with E-state index in [-0.39, 0.29) is 27.6 Å². The molecule has 0 aliphatic carbocycles. The molecule has 128 valence electrons. The molecule has 0 unspecified atom stereocenters. The Morgan fingerprint density at radius 3 is 2.46 bits per heavy atom. The van der Waals surface area contributed by atoms with Crippen molar-refractivity contribution in [3.05, 3.63) is 40.8 Å². The predicted molar refractivity (Wildman–Crippen MR) is 95.9 cm³/mol. The summed E-state index contributed by atoms with van der Waals surface area (Å²) in [6.07, 6.45) is 3.96. The molecule has 1 heterocycles. The van der Waals surface area contributed by atoms with Crippen LogP contribution in [0.5, 0.6) is 5.75 Å². The van der Waals surface area contributed by atoms with Crippen LogP contribution in [0.15, 0.2) is 34.6 Å². The number of nitrogens with two attached hydrogens (primary N) is 1. The lowest BCUT2D eigenvalue weighted by Gasteiger charge is -2.16. The predicted octanol–water partition coefficient (Wildman–Crippen LogP) is 1.43. The Balaban J connectivity index is 2.97. The summed E-state index contributed by atoms with van der Waals surface area (Å²) < 4.78 is 25.1. The lowest BCUT2D eigenvalue weighted by atomic mass is 9.99. The number of benzene rings is 1. The molecule has 0 radical (unpaired) electrons. The summed E-state index contributed by atoms with van der Waals surface area (Å²) in [6.45, 7) is 3.65. The number of anilines is 2. The van der Waals surface area contributed by atoms with Gasteiger partial charge in [0.1, 0.15) is 11.4 Å². The van der Waals surface area contributed by atoms with E-state index in [4.69, 9.17) is 5.73 Å². The van der Waals surface area contributed by atoms with Gasteiger partial charge in [-0.1, -0.05) is 12.7 Å². The third kappa shape index (κ3) is 2.88. The third-order valence-corrected chi connectivity index (χ3v) is 4.82. The van der Waals surface area contributed by atoms with Crippen LogP contribution in [-0.2, 0) is 16.9 Å². The van der Waals surface area contributed by atoms with Crippen molar-refractivity contribution in [2.75, 3.05) is 24.4 Å². The molecule has 0 atom stereocenters. The van der Waals surface area contributed by atoms with E-state index in [0.717, 1.165) is 6.26 Å². The van der Waals surface area contributed by atoms with Crippen LogP contribution < -0.4 is 16.6 Å². The second-order valence-corrected chi connectivity index (χ2v) is 7.40. The van der Waals surface area contributed by atoms with Crippen molar-refractivity contribution in [2.45, 2.75) is 4.90 Å². The smallest absolute Gasteiger partial charge is 0.274 e. The van der Waals surface area contributed by atoms with Crippen LogP contribution in [0.25, 0.3) is 17.2 Å². The number of pyridine rings is 1. The lowest BCUT2D eigenvalue weighted by Crippen LogP contribution is -2.21. The van der Waals surface area contributed by atoms with Crippen LogP contribution in [0.2, 0.25) is 0 Å². The number of nitrogens with one attached hydrogen (secondary N) is 1. The molecule has 24 heavy (non-hydrogen) atoms. The van der Waals surface area contributed by atoms with Gasteiger partial charge < -0.3 is 20.7 Å².